The van der Waals surface area contributed by atoms with Crippen molar-refractivity contribution in [1.82, 2.24) is 0 Å². The Morgan fingerprint density at radius 2 is 1.13 bits per heavy atom. The molecule has 3 rings (SSSR count). The smallest absolute Gasteiger partial charge is 0.329 e. The van der Waals surface area contributed by atoms with Crippen molar-refractivity contribution in [3.8, 4) is 0 Å². The SMILES string of the molecule is COC(=O)[C@@H](Nc1ccccc1)[C@H](C(=O)OC)P(c1ccccc1)c1ccccc1. The molecule has 0 aliphatic heterocycles. The van der Waals surface area contributed by atoms with Crippen molar-refractivity contribution in [2.75, 3.05) is 19.5 Å². The van der Waals surface area contributed by atoms with E-state index in [4.69, 9.17) is 9.47 Å². The van der Waals surface area contributed by atoms with Gasteiger partial charge in [0.05, 0.1) is 14.2 Å². The summed E-state index contributed by atoms with van der Waals surface area (Å²) in [7, 11) is 1.39. The second kappa shape index (κ2) is 10.6. The van der Waals surface area contributed by atoms with Crippen LogP contribution in [0.4, 0.5) is 5.69 Å². The first-order chi connectivity index (χ1) is 14.7. The van der Waals surface area contributed by atoms with Crippen LogP contribution in [0.1, 0.15) is 0 Å². The third-order valence-corrected chi connectivity index (χ3v) is 7.43. The molecular weight excluding hydrogens is 397 g/mol. The molecule has 0 saturated heterocycles. The molecule has 30 heavy (non-hydrogen) atoms. The molecule has 5 nitrogen and oxygen atoms in total. The van der Waals surface area contributed by atoms with Gasteiger partial charge in [-0.25, -0.2) is 4.79 Å². The Balaban J connectivity index is 2.14. The lowest BCUT2D eigenvalue weighted by Crippen LogP contribution is -2.48. The summed E-state index contributed by atoms with van der Waals surface area (Å²) in [5.41, 5.74) is -0.0691. The van der Waals surface area contributed by atoms with Gasteiger partial charge in [-0.3, -0.25) is 4.79 Å². The van der Waals surface area contributed by atoms with Gasteiger partial charge in [-0.05, 0) is 30.7 Å². The Kier molecular flexibility index (Phi) is 7.58. The normalized spacial score (nSPS) is 12.6. The van der Waals surface area contributed by atoms with Crippen molar-refractivity contribution in [1.29, 1.82) is 0 Å². The Morgan fingerprint density at radius 3 is 1.57 bits per heavy atom. The van der Waals surface area contributed by atoms with E-state index in [1.54, 1.807) is 0 Å². The van der Waals surface area contributed by atoms with E-state index in [0.717, 1.165) is 16.3 Å². The minimum atomic E-state index is -1.27. The summed E-state index contributed by atoms with van der Waals surface area (Å²) in [5.74, 6) is -0.985. The van der Waals surface area contributed by atoms with E-state index in [-0.39, 0.29) is 0 Å². The second-order valence-electron chi connectivity index (χ2n) is 6.52. The quantitative estimate of drug-likeness (QED) is 0.447. The van der Waals surface area contributed by atoms with Gasteiger partial charge in [0.2, 0.25) is 0 Å². The number of methoxy groups -OCH3 is 2. The third kappa shape index (κ3) is 5.05. The highest BCUT2D eigenvalue weighted by Crippen LogP contribution is 2.42. The number of hydrogen-bond acceptors (Lipinski definition) is 5. The Hall–Kier alpha value is -3.17. The number of carbonyl (C=O) groups excluding carboxylic acids is 2. The van der Waals surface area contributed by atoms with Crippen LogP contribution in [0.15, 0.2) is 91.0 Å². The van der Waals surface area contributed by atoms with Crippen LogP contribution >= 0.6 is 7.92 Å². The maximum absolute atomic E-state index is 13.1. The molecular formula is C24H24NO4P. The molecule has 0 aromatic heterocycles. The van der Waals surface area contributed by atoms with Crippen molar-refractivity contribution < 1.29 is 19.1 Å². The van der Waals surface area contributed by atoms with Crippen molar-refractivity contribution in [3.05, 3.63) is 91.0 Å². The van der Waals surface area contributed by atoms with Gasteiger partial charge in [-0.2, -0.15) is 0 Å². The van der Waals surface area contributed by atoms with Gasteiger partial charge in [-0.1, -0.05) is 78.9 Å². The molecule has 3 aromatic rings. The largest absolute Gasteiger partial charge is 0.468 e. The fourth-order valence-electron chi connectivity index (χ4n) is 3.27. The first kappa shape index (κ1) is 21.5. The third-order valence-electron chi connectivity index (χ3n) is 4.66. The molecule has 154 valence electrons. The topological polar surface area (TPSA) is 64.6 Å². The fraction of sp³-hybridized carbons (Fsp3) is 0.167. The number of ether oxygens (including phenoxy) is 2. The number of anilines is 1. The maximum atomic E-state index is 13.1. The predicted molar refractivity (Wildman–Crippen MR) is 121 cm³/mol. The fourth-order valence-corrected chi connectivity index (χ4v) is 6.00. The minimum Gasteiger partial charge on any atom is -0.468 e. The lowest BCUT2D eigenvalue weighted by Gasteiger charge is -2.32. The van der Waals surface area contributed by atoms with E-state index in [1.807, 2.05) is 91.0 Å². The van der Waals surface area contributed by atoms with Crippen molar-refractivity contribution in [2.24, 2.45) is 0 Å². The van der Waals surface area contributed by atoms with Crippen LogP contribution in [0.5, 0.6) is 0 Å². The molecule has 0 saturated carbocycles. The molecule has 1 N–H and O–H groups in total. The molecule has 0 aliphatic carbocycles. The number of nitrogens with one attached hydrogen (secondary N) is 1. The average Bonchev–Trinajstić information content (AvgIpc) is 2.82. The summed E-state index contributed by atoms with van der Waals surface area (Å²) >= 11 is 0. The summed E-state index contributed by atoms with van der Waals surface area (Å²) in [4.78, 5) is 26.0. The maximum Gasteiger partial charge on any atom is 0.329 e. The van der Waals surface area contributed by atoms with Crippen LogP contribution < -0.4 is 15.9 Å². The van der Waals surface area contributed by atoms with E-state index >= 15 is 0 Å². The molecule has 0 heterocycles. The van der Waals surface area contributed by atoms with Gasteiger partial charge in [-0.15, -0.1) is 0 Å². The summed E-state index contributed by atoms with van der Waals surface area (Å²) in [6.07, 6.45) is 0. The highest BCUT2D eigenvalue weighted by atomic mass is 31.1. The first-order valence-electron chi connectivity index (χ1n) is 9.52. The van der Waals surface area contributed by atoms with Gasteiger partial charge < -0.3 is 14.8 Å². The van der Waals surface area contributed by atoms with E-state index in [2.05, 4.69) is 5.32 Å². The van der Waals surface area contributed by atoms with Gasteiger partial charge in [0.1, 0.15) is 11.7 Å². The van der Waals surface area contributed by atoms with Gasteiger partial charge in [0, 0.05) is 5.69 Å². The highest BCUT2D eigenvalue weighted by molar-refractivity contribution is 7.74. The van der Waals surface area contributed by atoms with Crippen LogP contribution in [0.3, 0.4) is 0 Å². The molecule has 0 bridgehead atoms. The number of rotatable bonds is 8. The highest BCUT2D eigenvalue weighted by Gasteiger charge is 2.42. The molecule has 0 unspecified atom stereocenters. The minimum absolute atomic E-state index is 0.465. The Bertz CT molecular complexity index is 911. The van der Waals surface area contributed by atoms with Crippen LogP contribution in [-0.4, -0.2) is 37.9 Å². The molecule has 0 amide bonds. The number of benzene rings is 3. The van der Waals surface area contributed by atoms with Crippen LogP contribution in [0.25, 0.3) is 0 Å². The Labute approximate surface area is 177 Å². The summed E-state index contributed by atoms with van der Waals surface area (Å²) < 4.78 is 10.3. The van der Waals surface area contributed by atoms with Crippen LogP contribution in [0, 0.1) is 0 Å². The standard InChI is InChI=1S/C24H24NO4P/c1-28-23(26)21(25-18-12-6-3-7-13-18)22(24(27)29-2)30(19-14-8-4-9-15-19)20-16-10-5-11-17-20/h3-17,21-22,25H,1-2H3/t21-,22+/m0/s1. The lowest BCUT2D eigenvalue weighted by molar-refractivity contribution is -0.147. The van der Waals surface area contributed by atoms with Gasteiger partial charge in [0.15, 0.2) is 0 Å². The van der Waals surface area contributed by atoms with E-state index in [9.17, 15) is 9.59 Å². The van der Waals surface area contributed by atoms with E-state index in [1.165, 1.54) is 14.2 Å². The number of hydrogen-bond donors (Lipinski definition) is 1. The number of esters is 2. The summed E-state index contributed by atoms with van der Waals surface area (Å²) in [6, 6.07) is 27.9. The molecule has 6 heteroatoms. The zero-order valence-corrected chi connectivity index (χ0v) is 17.8. The van der Waals surface area contributed by atoms with E-state index < -0.39 is 31.6 Å². The summed E-state index contributed by atoms with van der Waals surface area (Å²) in [5, 5.41) is 5.15. The van der Waals surface area contributed by atoms with Crippen molar-refractivity contribution in [2.45, 2.75) is 11.7 Å². The van der Waals surface area contributed by atoms with Gasteiger partial charge >= 0.3 is 11.9 Å². The Morgan fingerprint density at radius 1 is 0.700 bits per heavy atom. The van der Waals surface area contributed by atoms with Crippen LogP contribution in [-0.2, 0) is 19.1 Å². The molecule has 0 aliphatic rings. The average molecular weight is 421 g/mol. The molecule has 0 radical (unpaired) electrons. The van der Waals surface area contributed by atoms with E-state index in [0.29, 0.717) is 0 Å². The second-order valence-corrected chi connectivity index (χ2v) is 8.85. The molecule has 0 fully saturated rings. The molecule has 3 aromatic carbocycles. The van der Waals surface area contributed by atoms with Crippen molar-refractivity contribution in [3.63, 3.8) is 0 Å². The van der Waals surface area contributed by atoms with Crippen LogP contribution in [0.2, 0.25) is 0 Å². The predicted octanol–water partition coefficient (Wildman–Crippen LogP) is 3.31. The zero-order chi connectivity index (χ0) is 21.3. The first-order valence-corrected chi connectivity index (χ1v) is 10.9. The van der Waals surface area contributed by atoms with Gasteiger partial charge in [0.25, 0.3) is 0 Å². The molecule has 2 atom stereocenters. The van der Waals surface area contributed by atoms with Crippen molar-refractivity contribution >= 4 is 36.2 Å². The lowest BCUT2D eigenvalue weighted by atomic mass is 10.2. The number of carbonyl (C=O) groups is 2. The summed E-state index contributed by atoms with van der Waals surface area (Å²) in [6.45, 7) is 0. The zero-order valence-electron chi connectivity index (χ0n) is 16.9. The molecule has 0 spiro atoms. The number of para-hydroxylation sites is 1. The monoisotopic (exact) mass is 421 g/mol.